The van der Waals surface area contributed by atoms with Gasteiger partial charge in [0.2, 0.25) is 11.0 Å². The number of carbonyl (C=O) groups excluding carboxylic acids is 1. The molecule has 0 saturated carbocycles. The van der Waals surface area contributed by atoms with Crippen molar-refractivity contribution >= 4 is 22.4 Å². The molecule has 1 heterocycles. The van der Waals surface area contributed by atoms with Gasteiger partial charge in [0.05, 0.1) is 13.0 Å². The summed E-state index contributed by atoms with van der Waals surface area (Å²) in [6.07, 6.45) is 0.979. The van der Waals surface area contributed by atoms with Gasteiger partial charge in [-0.25, -0.2) is 0 Å². The molecule has 3 rings (SSSR count). The molecule has 1 amide bonds. The molecule has 0 atom stereocenters. The Morgan fingerprint density at radius 2 is 1.84 bits per heavy atom. The highest BCUT2D eigenvalue weighted by Gasteiger charge is 2.09. The molecule has 6 heteroatoms. The van der Waals surface area contributed by atoms with Crippen molar-refractivity contribution < 1.29 is 9.53 Å². The minimum Gasteiger partial charge on any atom is -0.493 e. The molecule has 0 spiro atoms. The Balaban J connectivity index is 1.44. The van der Waals surface area contributed by atoms with Crippen LogP contribution in [0.1, 0.15) is 22.6 Å². The fourth-order valence-electron chi connectivity index (χ4n) is 2.22. The third-order valence-corrected chi connectivity index (χ3v) is 4.37. The number of carbonyl (C=O) groups is 1. The van der Waals surface area contributed by atoms with Gasteiger partial charge in [0, 0.05) is 6.42 Å². The van der Waals surface area contributed by atoms with Crippen molar-refractivity contribution in [3.63, 3.8) is 0 Å². The molecule has 0 radical (unpaired) electrons. The molecule has 0 aliphatic heterocycles. The second kappa shape index (κ2) is 8.39. The summed E-state index contributed by atoms with van der Waals surface area (Å²) in [4.78, 5) is 12.0. The lowest BCUT2D eigenvalue weighted by Gasteiger charge is -2.06. The van der Waals surface area contributed by atoms with Gasteiger partial charge >= 0.3 is 0 Å². The number of nitrogens with zero attached hydrogens (tertiary/aromatic N) is 2. The Kier molecular flexibility index (Phi) is 5.74. The Labute approximate surface area is 150 Å². The normalized spacial score (nSPS) is 10.4. The van der Waals surface area contributed by atoms with Crippen LogP contribution in [0.2, 0.25) is 0 Å². The Morgan fingerprint density at radius 1 is 1.08 bits per heavy atom. The van der Waals surface area contributed by atoms with E-state index in [9.17, 15) is 4.79 Å². The lowest BCUT2D eigenvalue weighted by Crippen LogP contribution is -2.15. The molecule has 1 N–H and O–H groups in total. The molecule has 25 heavy (non-hydrogen) atoms. The number of amides is 1. The average molecular weight is 353 g/mol. The lowest BCUT2D eigenvalue weighted by molar-refractivity contribution is -0.116. The molecule has 128 valence electrons. The van der Waals surface area contributed by atoms with E-state index in [0.29, 0.717) is 18.2 Å². The van der Waals surface area contributed by atoms with Crippen LogP contribution >= 0.6 is 11.3 Å². The predicted molar refractivity (Wildman–Crippen MR) is 99.1 cm³/mol. The van der Waals surface area contributed by atoms with E-state index in [0.717, 1.165) is 10.8 Å². The summed E-state index contributed by atoms with van der Waals surface area (Å²) in [7, 11) is 0. The number of benzene rings is 2. The van der Waals surface area contributed by atoms with Crippen LogP contribution in [0.4, 0.5) is 5.13 Å². The van der Waals surface area contributed by atoms with Crippen LogP contribution in [-0.2, 0) is 11.2 Å². The molecule has 0 fully saturated rings. The fourth-order valence-corrected chi connectivity index (χ4v) is 3.01. The van der Waals surface area contributed by atoms with Crippen molar-refractivity contribution in [2.24, 2.45) is 0 Å². The molecule has 5 nitrogen and oxygen atoms in total. The first kappa shape index (κ1) is 17.1. The minimum absolute atomic E-state index is 0.130. The second-order valence-corrected chi connectivity index (χ2v) is 6.69. The van der Waals surface area contributed by atoms with Gasteiger partial charge in [-0.15, -0.1) is 10.2 Å². The zero-order valence-electron chi connectivity index (χ0n) is 13.9. The van der Waals surface area contributed by atoms with Crippen LogP contribution in [0.25, 0.3) is 0 Å². The summed E-state index contributed by atoms with van der Waals surface area (Å²) >= 11 is 1.39. The van der Waals surface area contributed by atoms with Gasteiger partial charge in [-0.1, -0.05) is 59.4 Å². The number of aromatic nitrogens is 2. The van der Waals surface area contributed by atoms with Gasteiger partial charge in [0.15, 0.2) is 0 Å². The van der Waals surface area contributed by atoms with E-state index in [1.165, 1.54) is 22.5 Å². The SMILES string of the molecule is Cc1ccc(OCCC(=O)Nc2nnc(Cc3ccccc3)s2)cc1. The van der Waals surface area contributed by atoms with Crippen LogP contribution in [0.5, 0.6) is 5.75 Å². The van der Waals surface area contributed by atoms with Gasteiger partial charge in [0.1, 0.15) is 10.8 Å². The summed E-state index contributed by atoms with van der Waals surface area (Å²) < 4.78 is 5.56. The topological polar surface area (TPSA) is 64.1 Å². The predicted octanol–water partition coefficient (Wildman–Crippen LogP) is 3.84. The van der Waals surface area contributed by atoms with Crippen molar-refractivity contribution in [1.82, 2.24) is 10.2 Å². The molecule has 0 bridgehead atoms. The van der Waals surface area contributed by atoms with Gasteiger partial charge < -0.3 is 10.1 Å². The molecular weight excluding hydrogens is 334 g/mol. The Morgan fingerprint density at radius 3 is 2.60 bits per heavy atom. The zero-order valence-corrected chi connectivity index (χ0v) is 14.8. The summed E-state index contributed by atoms with van der Waals surface area (Å²) in [6, 6.07) is 17.8. The van der Waals surface area contributed by atoms with Gasteiger partial charge in [0.25, 0.3) is 0 Å². The number of nitrogens with one attached hydrogen (secondary N) is 1. The number of ether oxygens (including phenoxy) is 1. The van der Waals surface area contributed by atoms with E-state index in [1.54, 1.807) is 0 Å². The van der Waals surface area contributed by atoms with Gasteiger partial charge in [-0.05, 0) is 24.6 Å². The zero-order chi connectivity index (χ0) is 17.5. The van der Waals surface area contributed by atoms with Crippen molar-refractivity contribution in [2.45, 2.75) is 19.8 Å². The van der Waals surface area contributed by atoms with Crippen molar-refractivity contribution in [3.8, 4) is 5.75 Å². The van der Waals surface area contributed by atoms with Crippen LogP contribution in [-0.4, -0.2) is 22.7 Å². The first-order valence-electron chi connectivity index (χ1n) is 8.05. The summed E-state index contributed by atoms with van der Waals surface area (Å²) in [5.74, 6) is 0.633. The Hall–Kier alpha value is -2.73. The molecule has 0 aliphatic rings. The maximum Gasteiger partial charge on any atom is 0.229 e. The molecule has 0 unspecified atom stereocenters. The van der Waals surface area contributed by atoms with Gasteiger partial charge in [-0.3, -0.25) is 4.79 Å². The van der Waals surface area contributed by atoms with E-state index in [-0.39, 0.29) is 12.3 Å². The first-order chi connectivity index (χ1) is 12.2. The molecular formula is C19H19N3O2S. The monoisotopic (exact) mass is 353 g/mol. The summed E-state index contributed by atoms with van der Waals surface area (Å²) in [5.41, 5.74) is 2.34. The van der Waals surface area contributed by atoms with Crippen molar-refractivity contribution in [3.05, 3.63) is 70.7 Å². The molecule has 1 aromatic heterocycles. The van der Waals surface area contributed by atoms with Crippen molar-refractivity contribution in [1.29, 1.82) is 0 Å². The molecule has 0 aliphatic carbocycles. The number of rotatable bonds is 7. The quantitative estimate of drug-likeness (QED) is 0.701. The molecule has 0 saturated heterocycles. The largest absolute Gasteiger partial charge is 0.493 e. The van der Waals surface area contributed by atoms with E-state index in [4.69, 9.17) is 4.74 Å². The van der Waals surface area contributed by atoms with Crippen LogP contribution in [0.15, 0.2) is 54.6 Å². The van der Waals surface area contributed by atoms with Gasteiger partial charge in [-0.2, -0.15) is 0 Å². The van der Waals surface area contributed by atoms with Crippen LogP contribution in [0, 0.1) is 6.92 Å². The number of hydrogen-bond donors (Lipinski definition) is 1. The third-order valence-electron chi connectivity index (χ3n) is 3.53. The second-order valence-electron chi connectivity index (χ2n) is 5.62. The van der Waals surface area contributed by atoms with Crippen molar-refractivity contribution in [2.75, 3.05) is 11.9 Å². The lowest BCUT2D eigenvalue weighted by atomic mass is 10.2. The highest BCUT2D eigenvalue weighted by atomic mass is 32.1. The maximum atomic E-state index is 12.0. The Bertz CT molecular complexity index is 816. The standard InChI is InChI=1S/C19H19N3O2S/c1-14-7-9-16(10-8-14)24-12-11-17(23)20-19-22-21-18(25-19)13-15-5-3-2-4-6-15/h2-10H,11-13H2,1H3,(H,20,22,23). The molecule has 2 aromatic carbocycles. The number of hydrogen-bond acceptors (Lipinski definition) is 5. The van der Waals surface area contributed by atoms with E-state index < -0.39 is 0 Å². The third kappa shape index (κ3) is 5.39. The first-order valence-corrected chi connectivity index (χ1v) is 8.86. The summed E-state index contributed by atoms with van der Waals surface area (Å²) in [6.45, 7) is 2.34. The van der Waals surface area contributed by atoms with Crippen LogP contribution in [0.3, 0.4) is 0 Å². The molecule has 3 aromatic rings. The van der Waals surface area contributed by atoms with Crippen LogP contribution < -0.4 is 10.1 Å². The average Bonchev–Trinajstić information content (AvgIpc) is 3.04. The fraction of sp³-hybridized carbons (Fsp3) is 0.211. The number of aryl methyl sites for hydroxylation is 1. The minimum atomic E-state index is -0.130. The highest BCUT2D eigenvalue weighted by molar-refractivity contribution is 7.15. The van der Waals surface area contributed by atoms with E-state index in [2.05, 4.69) is 15.5 Å². The number of anilines is 1. The maximum absolute atomic E-state index is 12.0. The summed E-state index contributed by atoms with van der Waals surface area (Å²) in [5, 5.41) is 12.3. The smallest absolute Gasteiger partial charge is 0.229 e. The highest BCUT2D eigenvalue weighted by Crippen LogP contribution is 2.18. The van der Waals surface area contributed by atoms with E-state index >= 15 is 0 Å². The van der Waals surface area contributed by atoms with E-state index in [1.807, 2.05) is 61.5 Å².